The van der Waals surface area contributed by atoms with Crippen LogP contribution in [0.3, 0.4) is 0 Å². The number of fused-ring (bicyclic) bond motifs is 1. The lowest BCUT2D eigenvalue weighted by molar-refractivity contribution is 0.309. The molecule has 0 aromatic heterocycles. The van der Waals surface area contributed by atoms with Crippen LogP contribution in [0, 0.1) is 0 Å². The summed E-state index contributed by atoms with van der Waals surface area (Å²) < 4.78 is 11.7. The molecule has 0 N–H and O–H groups in total. The van der Waals surface area contributed by atoms with Gasteiger partial charge in [0.1, 0.15) is 5.75 Å². The molecule has 0 unspecified atom stereocenters. The minimum atomic E-state index is -1.06. The molecule has 0 spiro atoms. The minimum absolute atomic E-state index is 0.0204. The minimum Gasteiger partial charge on any atom is -0.496 e. The number of hydrogen-bond donors (Lipinski definition) is 0. The molecule has 0 amide bonds. The highest BCUT2D eigenvalue weighted by atomic mass is 28.3. The quantitative estimate of drug-likeness (QED) is 0.766. The summed E-state index contributed by atoms with van der Waals surface area (Å²) in [6, 6.07) is 10.6. The molecule has 0 saturated carbocycles. The summed E-state index contributed by atoms with van der Waals surface area (Å²) in [6.07, 6.45) is 0. The number of benzene rings is 2. The molecule has 0 aliphatic heterocycles. The zero-order valence-electron chi connectivity index (χ0n) is 14.0. The molecule has 0 saturated heterocycles. The van der Waals surface area contributed by atoms with Crippen molar-refractivity contribution in [1.29, 1.82) is 0 Å². The third-order valence-corrected chi connectivity index (χ3v) is 4.48. The van der Waals surface area contributed by atoms with E-state index in [4.69, 9.17) is 9.16 Å². The summed E-state index contributed by atoms with van der Waals surface area (Å²) in [7, 11) is 0.691. The van der Waals surface area contributed by atoms with E-state index >= 15 is 0 Å². The lowest BCUT2D eigenvalue weighted by Gasteiger charge is -2.27. The normalized spacial score (nSPS) is 12.1. The molecule has 114 valence electrons. The average molecular weight is 302 g/mol. The lowest BCUT2D eigenvalue weighted by Crippen LogP contribution is -2.18. The summed E-state index contributed by atoms with van der Waals surface area (Å²) >= 11 is 0. The summed E-state index contributed by atoms with van der Waals surface area (Å²) in [5.41, 5.74) is 2.56. The number of ether oxygens (including phenoxy) is 1. The number of rotatable bonds is 4. The van der Waals surface area contributed by atoms with Gasteiger partial charge in [0.15, 0.2) is 9.04 Å². The van der Waals surface area contributed by atoms with Crippen molar-refractivity contribution in [2.45, 2.75) is 45.9 Å². The third-order valence-electron chi connectivity index (χ3n) is 3.65. The number of methoxy groups -OCH3 is 1. The molecule has 0 aliphatic carbocycles. The maximum absolute atomic E-state index is 6.05. The van der Waals surface area contributed by atoms with Crippen LogP contribution in [0.1, 0.15) is 31.9 Å². The van der Waals surface area contributed by atoms with Gasteiger partial charge >= 0.3 is 0 Å². The van der Waals surface area contributed by atoms with Gasteiger partial charge in [-0.1, -0.05) is 45.0 Å². The Bertz CT molecular complexity index is 627. The maximum Gasteiger partial charge on any atom is 0.171 e. The second-order valence-corrected chi connectivity index (χ2v) is 9.19. The second kappa shape index (κ2) is 6.20. The van der Waals surface area contributed by atoms with Gasteiger partial charge in [-0.25, -0.2) is 0 Å². The van der Waals surface area contributed by atoms with Crippen molar-refractivity contribution in [3.63, 3.8) is 0 Å². The largest absolute Gasteiger partial charge is 0.496 e. The van der Waals surface area contributed by atoms with Crippen LogP contribution in [-0.2, 0) is 16.4 Å². The van der Waals surface area contributed by atoms with Crippen molar-refractivity contribution in [3.8, 4) is 5.75 Å². The Balaban J connectivity index is 2.72. The highest BCUT2D eigenvalue weighted by Crippen LogP contribution is 2.39. The Kier molecular flexibility index (Phi) is 4.74. The van der Waals surface area contributed by atoms with Crippen molar-refractivity contribution in [2.24, 2.45) is 0 Å². The van der Waals surface area contributed by atoms with Gasteiger partial charge in [-0.15, -0.1) is 0 Å². The molecule has 2 aromatic carbocycles. The number of hydrogen-bond acceptors (Lipinski definition) is 2. The Morgan fingerprint density at radius 1 is 1.10 bits per heavy atom. The molecule has 0 fully saturated rings. The summed E-state index contributed by atoms with van der Waals surface area (Å²) in [5, 5.41) is 2.49. The zero-order valence-corrected chi connectivity index (χ0v) is 15.1. The molecule has 21 heavy (non-hydrogen) atoms. The van der Waals surface area contributed by atoms with Crippen LogP contribution in [0.5, 0.6) is 5.75 Å². The van der Waals surface area contributed by atoms with Crippen LogP contribution < -0.4 is 4.74 Å². The van der Waals surface area contributed by atoms with Gasteiger partial charge in [0.2, 0.25) is 0 Å². The summed E-state index contributed by atoms with van der Waals surface area (Å²) in [5.74, 6) is 0.963. The highest BCUT2D eigenvalue weighted by molar-refractivity contribution is 6.48. The molecule has 2 nitrogen and oxygen atoms in total. The van der Waals surface area contributed by atoms with Crippen LogP contribution in [0.4, 0.5) is 0 Å². The van der Waals surface area contributed by atoms with Gasteiger partial charge in [0, 0.05) is 5.56 Å². The zero-order chi connectivity index (χ0) is 15.6. The third kappa shape index (κ3) is 3.47. The predicted octanol–water partition coefficient (Wildman–Crippen LogP) is 4.65. The fraction of sp³-hybridized carbons (Fsp3) is 0.444. The molecule has 2 aromatic rings. The van der Waals surface area contributed by atoms with Crippen molar-refractivity contribution in [2.75, 3.05) is 7.11 Å². The molecule has 2 rings (SSSR count). The van der Waals surface area contributed by atoms with E-state index in [-0.39, 0.29) is 5.41 Å². The first kappa shape index (κ1) is 16.1. The topological polar surface area (TPSA) is 18.5 Å². The first-order valence-electron chi connectivity index (χ1n) is 7.55. The first-order chi connectivity index (χ1) is 9.84. The van der Waals surface area contributed by atoms with Crippen LogP contribution in [0.15, 0.2) is 30.3 Å². The van der Waals surface area contributed by atoms with Gasteiger partial charge < -0.3 is 9.16 Å². The van der Waals surface area contributed by atoms with Crippen molar-refractivity contribution in [1.82, 2.24) is 0 Å². The fourth-order valence-corrected chi connectivity index (χ4v) is 3.28. The monoisotopic (exact) mass is 302 g/mol. The van der Waals surface area contributed by atoms with E-state index in [0.29, 0.717) is 6.61 Å². The van der Waals surface area contributed by atoms with Crippen LogP contribution >= 0.6 is 0 Å². The summed E-state index contributed by atoms with van der Waals surface area (Å²) in [4.78, 5) is 0. The van der Waals surface area contributed by atoms with Gasteiger partial charge in [-0.2, -0.15) is 0 Å². The molecular weight excluding hydrogens is 276 g/mol. The van der Waals surface area contributed by atoms with Gasteiger partial charge in [-0.3, -0.25) is 0 Å². The smallest absolute Gasteiger partial charge is 0.171 e. The molecule has 0 atom stereocenters. The van der Waals surface area contributed by atoms with E-state index in [0.717, 1.165) is 5.75 Å². The van der Waals surface area contributed by atoms with E-state index in [2.05, 4.69) is 64.2 Å². The molecular formula is C18H26O2Si. The highest BCUT2D eigenvalue weighted by Gasteiger charge is 2.25. The van der Waals surface area contributed by atoms with Gasteiger partial charge in [0.25, 0.3) is 0 Å². The average Bonchev–Trinajstić information content (AvgIpc) is 2.42. The van der Waals surface area contributed by atoms with Crippen molar-refractivity contribution >= 4 is 19.8 Å². The molecule has 0 radical (unpaired) electrons. The van der Waals surface area contributed by atoms with Crippen LogP contribution in [0.25, 0.3) is 10.8 Å². The van der Waals surface area contributed by atoms with E-state index in [1.165, 1.54) is 21.9 Å². The van der Waals surface area contributed by atoms with Crippen molar-refractivity contribution in [3.05, 3.63) is 41.5 Å². The summed E-state index contributed by atoms with van der Waals surface area (Å²) in [6.45, 7) is 11.8. The lowest BCUT2D eigenvalue weighted by atomic mass is 9.81. The fourth-order valence-electron chi connectivity index (χ4n) is 2.78. The Hall–Kier alpha value is -1.32. The predicted molar refractivity (Wildman–Crippen MR) is 92.9 cm³/mol. The van der Waals surface area contributed by atoms with Crippen molar-refractivity contribution < 1.29 is 9.16 Å². The van der Waals surface area contributed by atoms with Crippen LogP contribution in [0.2, 0.25) is 13.1 Å². The Labute approximate surface area is 129 Å². The molecule has 0 aliphatic rings. The Morgan fingerprint density at radius 3 is 2.33 bits per heavy atom. The van der Waals surface area contributed by atoms with Gasteiger partial charge in [0.05, 0.1) is 13.7 Å². The SMILES string of the molecule is COc1cc2ccccc2c(CO[SiH](C)C)c1C(C)(C)C. The standard InChI is InChI=1S/C18H26O2Si/c1-18(2,3)17-15(12-20-21(5)6)14-10-8-7-9-13(14)11-16(17)19-4/h7-11,21H,12H2,1-6H3. The van der Waals surface area contributed by atoms with Crippen LogP contribution in [-0.4, -0.2) is 16.2 Å². The maximum atomic E-state index is 6.05. The van der Waals surface area contributed by atoms with E-state index in [1.807, 2.05) is 0 Å². The van der Waals surface area contributed by atoms with E-state index in [1.54, 1.807) is 7.11 Å². The van der Waals surface area contributed by atoms with E-state index < -0.39 is 9.04 Å². The van der Waals surface area contributed by atoms with Gasteiger partial charge in [-0.05, 0) is 40.9 Å². The van der Waals surface area contributed by atoms with E-state index in [9.17, 15) is 0 Å². The molecule has 0 heterocycles. The molecule has 0 bridgehead atoms. The first-order valence-corrected chi connectivity index (χ1v) is 10.3. The Morgan fingerprint density at radius 2 is 1.76 bits per heavy atom. The second-order valence-electron chi connectivity index (χ2n) is 6.76. The molecule has 3 heteroatoms.